The summed E-state index contributed by atoms with van der Waals surface area (Å²) in [6.45, 7) is 15.7. The van der Waals surface area contributed by atoms with Crippen LogP contribution in [0.15, 0.2) is 24.3 Å². The Morgan fingerprint density at radius 2 is 1.62 bits per heavy atom. The van der Waals surface area contributed by atoms with Crippen LogP contribution in [-0.4, -0.2) is 48.1 Å². The van der Waals surface area contributed by atoms with Gasteiger partial charge in [0.15, 0.2) is 0 Å². The zero-order valence-electron chi connectivity index (χ0n) is 16.2. The van der Waals surface area contributed by atoms with E-state index in [1.165, 1.54) is 64.0 Å². The van der Waals surface area contributed by atoms with Crippen molar-refractivity contribution in [1.29, 1.82) is 0 Å². The van der Waals surface area contributed by atoms with Crippen molar-refractivity contribution in [3.05, 3.63) is 35.4 Å². The van der Waals surface area contributed by atoms with Gasteiger partial charge in [0.25, 0.3) is 0 Å². The summed E-state index contributed by atoms with van der Waals surface area (Å²) in [6.07, 6.45) is 5.44. The number of rotatable bonds is 3. The summed E-state index contributed by atoms with van der Waals surface area (Å²) >= 11 is 0. The van der Waals surface area contributed by atoms with Gasteiger partial charge in [-0.25, -0.2) is 0 Å². The molecular weight excluding hydrogens is 292 g/mol. The SMILES string of the molecule is Cc1cccc(C2CCN(CC3CCN(C(C)(C)C)CC3)CC2)c1. The van der Waals surface area contributed by atoms with Crippen LogP contribution in [0.25, 0.3) is 0 Å². The Kier molecular flexibility index (Phi) is 5.66. The Morgan fingerprint density at radius 1 is 0.958 bits per heavy atom. The van der Waals surface area contributed by atoms with Gasteiger partial charge in [-0.05, 0) is 97.0 Å². The van der Waals surface area contributed by atoms with Gasteiger partial charge in [-0.1, -0.05) is 29.8 Å². The molecule has 0 N–H and O–H groups in total. The largest absolute Gasteiger partial charge is 0.303 e. The average Bonchev–Trinajstić information content (AvgIpc) is 2.55. The van der Waals surface area contributed by atoms with Crippen molar-refractivity contribution in [1.82, 2.24) is 9.80 Å². The number of likely N-dealkylation sites (tertiary alicyclic amines) is 2. The van der Waals surface area contributed by atoms with Gasteiger partial charge in [0.1, 0.15) is 0 Å². The van der Waals surface area contributed by atoms with Crippen molar-refractivity contribution in [2.24, 2.45) is 5.92 Å². The Morgan fingerprint density at radius 3 is 2.21 bits per heavy atom. The highest BCUT2D eigenvalue weighted by molar-refractivity contribution is 5.25. The maximum Gasteiger partial charge on any atom is 0.0125 e. The smallest absolute Gasteiger partial charge is 0.0125 e. The summed E-state index contributed by atoms with van der Waals surface area (Å²) in [6, 6.07) is 9.15. The highest BCUT2D eigenvalue weighted by Crippen LogP contribution is 2.30. The predicted molar refractivity (Wildman–Crippen MR) is 104 cm³/mol. The molecule has 0 amide bonds. The van der Waals surface area contributed by atoms with Crippen molar-refractivity contribution >= 4 is 0 Å². The van der Waals surface area contributed by atoms with Crippen molar-refractivity contribution < 1.29 is 0 Å². The van der Waals surface area contributed by atoms with E-state index >= 15 is 0 Å². The minimum atomic E-state index is 0.344. The van der Waals surface area contributed by atoms with Crippen LogP contribution >= 0.6 is 0 Å². The maximum atomic E-state index is 2.74. The number of hydrogen-bond donors (Lipinski definition) is 0. The van der Waals surface area contributed by atoms with E-state index in [1.54, 1.807) is 5.56 Å². The van der Waals surface area contributed by atoms with Crippen molar-refractivity contribution in [3.8, 4) is 0 Å². The quantitative estimate of drug-likeness (QED) is 0.794. The van der Waals surface area contributed by atoms with Gasteiger partial charge >= 0.3 is 0 Å². The highest BCUT2D eigenvalue weighted by atomic mass is 15.2. The van der Waals surface area contributed by atoms with Crippen LogP contribution in [0.2, 0.25) is 0 Å². The lowest BCUT2D eigenvalue weighted by Crippen LogP contribution is -2.48. The molecule has 0 saturated carbocycles. The lowest BCUT2D eigenvalue weighted by atomic mass is 9.87. The van der Waals surface area contributed by atoms with Crippen LogP contribution in [0.3, 0.4) is 0 Å². The standard InChI is InChI=1S/C22H36N2/c1-18-6-5-7-21(16-18)20-10-12-23(13-11-20)17-19-8-14-24(15-9-19)22(2,3)4/h5-7,16,19-20H,8-15,17H2,1-4H3. The molecule has 2 saturated heterocycles. The number of benzene rings is 1. The van der Waals surface area contributed by atoms with Gasteiger partial charge in [-0.3, -0.25) is 4.90 Å². The molecule has 24 heavy (non-hydrogen) atoms. The van der Waals surface area contributed by atoms with Crippen LogP contribution in [0, 0.1) is 12.8 Å². The molecule has 2 fully saturated rings. The molecule has 2 nitrogen and oxygen atoms in total. The first-order valence-electron chi connectivity index (χ1n) is 9.96. The Hall–Kier alpha value is -0.860. The molecule has 0 aromatic heterocycles. The fourth-order valence-corrected chi connectivity index (χ4v) is 4.52. The maximum absolute atomic E-state index is 2.74. The first kappa shape index (κ1) is 17.9. The summed E-state index contributed by atoms with van der Waals surface area (Å²) in [5.74, 6) is 1.70. The molecule has 134 valence electrons. The molecule has 3 rings (SSSR count). The molecule has 1 aromatic rings. The van der Waals surface area contributed by atoms with Crippen molar-refractivity contribution in [2.45, 2.75) is 64.8 Å². The van der Waals surface area contributed by atoms with Gasteiger partial charge in [0.05, 0.1) is 0 Å². The van der Waals surface area contributed by atoms with Gasteiger partial charge in [0, 0.05) is 12.1 Å². The second-order valence-electron chi connectivity index (χ2n) is 9.09. The van der Waals surface area contributed by atoms with Gasteiger partial charge < -0.3 is 4.90 Å². The number of hydrogen-bond acceptors (Lipinski definition) is 2. The molecule has 2 heteroatoms. The molecule has 0 spiro atoms. The van der Waals surface area contributed by atoms with Gasteiger partial charge in [0.2, 0.25) is 0 Å². The number of aryl methyl sites for hydroxylation is 1. The molecule has 1 aromatic carbocycles. The third-order valence-corrected chi connectivity index (χ3v) is 6.18. The van der Waals surface area contributed by atoms with Crippen LogP contribution < -0.4 is 0 Å². The molecule has 0 atom stereocenters. The molecule has 2 aliphatic heterocycles. The van der Waals surface area contributed by atoms with E-state index in [1.807, 2.05) is 0 Å². The second kappa shape index (κ2) is 7.58. The summed E-state index contributed by atoms with van der Waals surface area (Å²) in [5.41, 5.74) is 3.31. The fraction of sp³-hybridized carbons (Fsp3) is 0.727. The van der Waals surface area contributed by atoms with Crippen LogP contribution in [0.4, 0.5) is 0 Å². The molecule has 2 aliphatic rings. The lowest BCUT2D eigenvalue weighted by molar-refractivity contribution is 0.0701. The summed E-state index contributed by atoms with van der Waals surface area (Å²) in [4.78, 5) is 5.40. The normalized spacial score (nSPS) is 22.8. The van der Waals surface area contributed by atoms with Crippen LogP contribution in [-0.2, 0) is 0 Å². The van der Waals surface area contributed by atoms with E-state index < -0.39 is 0 Å². The fourth-order valence-electron chi connectivity index (χ4n) is 4.52. The summed E-state index contributed by atoms with van der Waals surface area (Å²) < 4.78 is 0. The first-order valence-corrected chi connectivity index (χ1v) is 9.96. The monoisotopic (exact) mass is 328 g/mol. The third kappa shape index (κ3) is 4.61. The molecule has 2 heterocycles. The second-order valence-corrected chi connectivity index (χ2v) is 9.09. The number of nitrogens with zero attached hydrogens (tertiary/aromatic N) is 2. The lowest BCUT2D eigenvalue weighted by Gasteiger charge is -2.42. The van der Waals surface area contributed by atoms with Crippen LogP contribution in [0.1, 0.15) is 63.5 Å². The van der Waals surface area contributed by atoms with Crippen molar-refractivity contribution in [2.75, 3.05) is 32.7 Å². The molecule has 0 radical (unpaired) electrons. The average molecular weight is 329 g/mol. The first-order chi connectivity index (χ1) is 11.4. The zero-order chi connectivity index (χ0) is 17.2. The Balaban J connectivity index is 1.43. The van der Waals surface area contributed by atoms with Crippen LogP contribution in [0.5, 0.6) is 0 Å². The Labute approximate surface area is 149 Å². The minimum absolute atomic E-state index is 0.344. The molecular formula is C22H36N2. The van der Waals surface area contributed by atoms with E-state index in [4.69, 9.17) is 0 Å². The topological polar surface area (TPSA) is 6.48 Å². The molecule has 0 unspecified atom stereocenters. The number of piperidine rings is 2. The Bertz CT molecular complexity index is 515. The van der Waals surface area contributed by atoms with Gasteiger partial charge in [-0.2, -0.15) is 0 Å². The zero-order valence-corrected chi connectivity index (χ0v) is 16.2. The van der Waals surface area contributed by atoms with E-state index in [2.05, 4.69) is 61.8 Å². The summed E-state index contributed by atoms with van der Waals surface area (Å²) in [5, 5.41) is 0. The molecule has 0 bridgehead atoms. The van der Waals surface area contributed by atoms with E-state index in [9.17, 15) is 0 Å². The summed E-state index contributed by atoms with van der Waals surface area (Å²) in [7, 11) is 0. The van der Waals surface area contributed by atoms with E-state index in [0.717, 1.165) is 11.8 Å². The predicted octanol–water partition coefficient (Wildman–Crippen LogP) is 4.68. The van der Waals surface area contributed by atoms with E-state index in [-0.39, 0.29) is 0 Å². The van der Waals surface area contributed by atoms with E-state index in [0.29, 0.717) is 5.54 Å². The van der Waals surface area contributed by atoms with Crippen molar-refractivity contribution in [3.63, 3.8) is 0 Å². The molecule has 0 aliphatic carbocycles. The minimum Gasteiger partial charge on any atom is -0.303 e. The van der Waals surface area contributed by atoms with Gasteiger partial charge in [-0.15, -0.1) is 0 Å². The highest BCUT2D eigenvalue weighted by Gasteiger charge is 2.29. The third-order valence-electron chi connectivity index (χ3n) is 6.18.